The summed E-state index contributed by atoms with van der Waals surface area (Å²) >= 11 is 0. The zero-order valence-corrected chi connectivity index (χ0v) is 7.10. The highest BCUT2D eigenvalue weighted by Gasteiger charge is 1.98. The smallest absolute Gasteiger partial charge is 0.0105 e. The number of rotatable bonds is 2. The Bertz CT molecular complexity index is 147. The van der Waals surface area contributed by atoms with Gasteiger partial charge in [-0.05, 0) is 31.9 Å². The lowest BCUT2D eigenvalue weighted by Crippen LogP contribution is -2.05. The molecule has 1 rings (SSSR count). The molecular weight excluding hydrogens is 134 g/mol. The molecule has 62 valence electrons. The van der Waals surface area contributed by atoms with E-state index in [-0.39, 0.29) is 0 Å². The van der Waals surface area contributed by atoms with Crippen molar-refractivity contribution in [2.24, 2.45) is 0 Å². The molecule has 0 saturated carbocycles. The maximum Gasteiger partial charge on any atom is 0.0105 e. The van der Waals surface area contributed by atoms with E-state index in [1.807, 2.05) is 0 Å². The van der Waals surface area contributed by atoms with Gasteiger partial charge in [-0.15, -0.1) is 0 Å². The van der Waals surface area contributed by atoms with Gasteiger partial charge in [-0.1, -0.05) is 25.5 Å². The van der Waals surface area contributed by atoms with E-state index in [0.29, 0.717) is 0 Å². The third kappa shape index (κ3) is 3.26. The lowest BCUT2D eigenvalue weighted by Gasteiger charge is -2.10. The van der Waals surface area contributed by atoms with Crippen molar-refractivity contribution in [1.29, 1.82) is 0 Å². The molecule has 0 aliphatic heterocycles. The van der Waals surface area contributed by atoms with Gasteiger partial charge in [0.2, 0.25) is 0 Å². The van der Waals surface area contributed by atoms with Crippen molar-refractivity contribution >= 4 is 0 Å². The van der Waals surface area contributed by atoms with Crippen molar-refractivity contribution in [2.45, 2.75) is 38.5 Å². The van der Waals surface area contributed by atoms with Gasteiger partial charge in [0.25, 0.3) is 0 Å². The molecule has 0 aromatic heterocycles. The second-order valence-electron chi connectivity index (χ2n) is 3.03. The number of nitrogens with one attached hydrogen (secondary N) is 1. The first-order valence-corrected chi connectivity index (χ1v) is 4.50. The van der Waals surface area contributed by atoms with Gasteiger partial charge in [0, 0.05) is 5.70 Å². The molecule has 1 aliphatic rings. The van der Waals surface area contributed by atoms with Gasteiger partial charge >= 0.3 is 0 Å². The van der Waals surface area contributed by atoms with Gasteiger partial charge in [-0.2, -0.15) is 0 Å². The van der Waals surface area contributed by atoms with Crippen LogP contribution in [-0.4, -0.2) is 0 Å². The van der Waals surface area contributed by atoms with E-state index in [4.69, 9.17) is 0 Å². The van der Waals surface area contributed by atoms with Crippen LogP contribution in [0, 0.1) is 0 Å². The third-order valence-electron chi connectivity index (χ3n) is 2.08. The first kappa shape index (κ1) is 8.38. The summed E-state index contributed by atoms with van der Waals surface area (Å²) < 4.78 is 0. The van der Waals surface area contributed by atoms with Crippen LogP contribution in [-0.2, 0) is 0 Å². The van der Waals surface area contributed by atoms with Gasteiger partial charge in [0.05, 0.1) is 0 Å². The highest BCUT2D eigenvalue weighted by molar-refractivity contribution is 5.02. The van der Waals surface area contributed by atoms with Crippen LogP contribution >= 0.6 is 0 Å². The zero-order chi connectivity index (χ0) is 7.94. The molecule has 0 aromatic carbocycles. The molecule has 0 unspecified atom stereocenters. The molecule has 0 amide bonds. The Labute approximate surface area is 69.2 Å². The van der Waals surface area contributed by atoms with Crippen LogP contribution in [0.25, 0.3) is 0 Å². The van der Waals surface area contributed by atoms with Gasteiger partial charge in [0.15, 0.2) is 0 Å². The molecule has 0 radical (unpaired) electrons. The second kappa shape index (κ2) is 5.00. The topological polar surface area (TPSA) is 12.0 Å². The van der Waals surface area contributed by atoms with Gasteiger partial charge < -0.3 is 5.32 Å². The van der Waals surface area contributed by atoms with E-state index in [9.17, 15) is 0 Å². The number of hydrogen-bond acceptors (Lipinski definition) is 1. The maximum atomic E-state index is 3.66. The molecule has 1 aliphatic carbocycles. The van der Waals surface area contributed by atoms with Gasteiger partial charge in [0.1, 0.15) is 0 Å². The van der Waals surface area contributed by atoms with Crippen LogP contribution in [0.15, 0.2) is 24.6 Å². The molecule has 0 atom stereocenters. The standard InChI is InChI=1S/C10H17N/c1-2-11-10-8-6-4-3-5-7-9-10/h2,8,11H,1,3-7,9H2. The average molecular weight is 151 g/mol. The lowest BCUT2D eigenvalue weighted by atomic mass is 10.0. The Hall–Kier alpha value is -0.720. The summed E-state index contributed by atoms with van der Waals surface area (Å²) in [5.74, 6) is 0. The summed E-state index contributed by atoms with van der Waals surface area (Å²) in [6.45, 7) is 3.66. The molecule has 1 nitrogen and oxygen atoms in total. The molecule has 0 spiro atoms. The molecule has 0 fully saturated rings. The quantitative estimate of drug-likeness (QED) is 0.639. The molecule has 1 N–H and O–H groups in total. The zero-order valence-electron chi connectivity index (χ0n) is 7.10. The molecule has 0 aromatic rings. The van der Waals surface area contributed by atoms with Crippen LogP contribution in [0.4, 0.5) is 0 Å². The molecular formula is C10H17N. The number of hydrogen-bond donors (Lipinski definition) is 1. The Morgan fingerprint density at radius 3 is 2.91 bits per heavy atom. The van der Waals surface area contributed by atoms with E-state index in [2.05, 4.69) is 18.0 Å². The van der Waals surface area contributed by atoms with Crippen molar-refractivity contribution in [3.8, 4) is 0 Å². The lowest BCUT2D eigenvalue weighted by molar-refractivity contribution is 0.613. The average Bonchev–Trinajstić information content (AvgIpc) is 1.94. The van der Waals surface area contributed by atoms with E-state index in [1.54, 1.807) is 6.20 Å². The summed E-state index contributed by atoms with van der Waals surface area (Å²) in [6.07, 6.45) is 12.0. The van der Waals surface area contributed by atoms with Crippen LogP contribution in [0.2, 0.25) is 0 Å². The van der Waals surface area contributed by atoms with Gasteiger partial charge in [-0.3, -0.25) is 0 Å². The van der Waals surface area contributed by atoms with Crippen molar-refractivity contribution < 1.29 is 0 Å². The summed E-state index contributed by atoms with van der Waals surface area (Å²) in [4.78, 5) is 0. The second-order valence-corrected chi connectivity index (χ2v) is 3.03. The highest BCUT2D eigenvalue weighted by atomic mass is 14.8. The summed E-state index contributed by atoms with van der Waals surface area (Å²) in [6, 6.07) is 0. The largest absolute Gasteiger partial charge is 0.366 e. The highest BCUT2D eigenvalue weighted by Crippen LogP contribution is 2.14. The first-order chi connectivity index (χ1) is 5.43. The minimum atomic E-state index is 1.20. The first-order valence-electron chi connectivity index (χ1n) is 4.50. The minimum absolute atomic E-state index is 1.20. The van der Waals surface area contributed by atoms with Crippen LogP contribution in [0.3, 0.4) is 0 Å². The number of allylic oxidation sites excluding steroid dienone is 2. The van der Waals surface area contributed by atoms with Crippen molar-refractivity contribution in [1.82, 2.24) is 5.32 Å². The van der Waals surface area contributed by atoms with Crippen molar-refractivity contribution in [3.63, 3.8) is 0 Å². The minimum Gasteiger partial charge on any atom is -0.366 e. The molecule has 1 heteroatoms. The fraction of sp³-hybridized carbons (Fsp3) is 0.600. The maximum absolute atomic E-state index is 3.66. The summed E-state index contributed by atoms with van der Waals surface area (Å²) in [7, 11) is 0. The van der Waals surface area contributed by atoms with Gasteiger partial charge in [-0.25, -0.2) is 0 Å². The van der Waals surface area contributed by atoms with Crippen molar-refractivity contribution in [3.05, 3.63) is 24.6 Å². The van der Waals surface area contributed by atoms with E-state index < -0.39 is 0 Å². The summed E-state index contributed by atoms with van der Waals surface area (Å²) in [5, 5.41) is 3.18. The molecule has 11 heavy (non-hydrogen) atoms. The fourth-order valence-corrected chi connectivity index (χ4v) is 1.45. The molecule has 0 heterocycles. The molecule has 0 bridgehead atoms. The van der Waals surface area contributed by atoms with Crippen molar-refractivity contribution in [2.75, 3.05) is 0 Å². The fourth-order valence-electron chi connectivity index (χ4n) is 1.45. The Morgan fingerprint density at radius 1 is 1.27 bits per heavy atom. The SMILES string of the molecule is C=CNC1=CCCCCCC1. The Kier molecular flexibility index (Phi) is 3.81. The molecule has 0 saturated heterocycles. The predicted molar refractivity (Wildman–Crippen MR) is 49.1 cm³/mol. The Balaban J connectivity index is 2.38. The van der Waals surface area contributed by atoms with E-state index >= 15 is 0 Å². The van der Waals surface area contributed by atoms with Crippen LogP contribution in [0.1, 0.15) is 38.5 Å². The van der Waals surface area contributed by atoms with Crippen LogP contribution < -0.4 is 5.32 Å². The van der Waals surface area contributed by atoms with Crippen LogP contribution in [0.5, 0.6) is 0 Å². The van der Waals surface area contributed by atoms with E-state index in [0.717, 1.165) is 0 Å². The third-order valence-corrected chi connectivity index (χ3v) is 2.08. The summed E-state index contributed by atoms with van der Waals surface area (Å²) in [5.41, 5.74) is 1.36. The van der Waals surface area contributed by atoms with E-state index in [1.165, 1.54) is 44.2 Å². The predicted octanol–water partition coefficient (Wildman–Crippen LogP) is 2.96. The monoisotopic (exact) mass is 151 g/mol. The normalized spacial score (nSPS) is 19.5. The Morgan fingerprint density at radius 2 is 2.09 bits per heavy atom.